The highest BCUT2D eigenvalue weighted by atomic mass is 79.9. The Morgan fingerprint density at radius 2 is 2.20 bits per heavy atom. The summed E-state index contributed by atoms with van der Waals surface area (Å²) >= 11 is 4.69. The summed E-state index contributed by atoms with van der Waals surface area (Å²) in [6.45, 7) is 0.240. The van der Waals surface area contributed by atoms with Gasteiger partial charge in [0.05, 0.1) is 12.0 Å². The average molecular weight is 422 g/mol. The summed E-state index contributed by atoms with van der Waals surface area (Å²) in [4.78, 5) is 11.1. The van der Waals surface area contributed by atoms with Gasteiger partial charge in [-0.15, -0.1) is 5.10 Å². The van der Waals surface area contributed by atoms with E-state index in [1.165, 1.54) is 23.9 Å². The van der Waals surface area contributed by atoms with Crippen molar-refractivity contribution in [2.75, 3.05) is 5.75 Å². The Balaban J connectivity index is 1.63. The summed E-state index contributed by atoms with van der Waals surface area (Å²) in [6, 6.07) is 11.8. The summed E-state index contributed by atoms with van der Waals surface area (Å²) < 4.78 is 19.8. The highest BCUT2D eigenvalue weighted by Crippen LogP contribution is 2.21. The molecule has 1 fully saturated rings. The van der Waals surface area contributed by atoms with Gasteiger partial charge in [-0.25, -0.2) is 4.39 Å². The second-order valence-corrected chi connectivity index (χ2v) is 6.90. The number of hydrogen-bond acceptors (Lipinski definition) is 5. The van der Waals surface area contributed by atoms with Crippen molar-refractivity contribution in [3.63, 3.8) is 0 Å². The van der Waals surface area contributed by atoms with E-state index in [2.05, 4.69) is 31.4 Å². The molecule has 8 heteroatoms. The molecular formula is C17H13BrFN3O2S. The van der Waals surface area contributed by atoms with E-state index in [1.54, 1.807) is 18.3 Å². The fourth-order valence-electron chi connectivity index (χ4n) is 2.03. The zero-order valence-corrected chi connectivity index (χ0v) is 15.3. The number of nitrogens with one attached hydrogen (secondary N) is 1. The largest absolute Gasteiger partial charge is 0.489 e. The Kier molecular flexibility index (Phi) is 5.83. The Morgan fingerprint density at radius 1 is 1.32 bits per heavy atom. The van der Waals surface area contributed by atoms with Gasteiger partial charge in [0.1, 0.15) is 18.2 Å². The molecule has 128 valence electrons. The fourth-order valence-corrected chi connectivity index (χ4v) is 3.02. The second-order valence-electron chi connectivity index (χ2n) is 5.08. The van der Waals surface area contributed by atoms with E-state index in [9.17, 15) is 9.18 Å². The molecule has 25 heavy (non-hydrogen) atoms. The molecule has 1 amide bonds. The van der Waals surface area contributed by atoms with E-state index in [-0.39, 0.29) is 18.3 Å². The molecule has 0 saturated carbocycles. The number of carbonyl (C=O) groups excluding carboxylic acids is 1. The zero-order chi connectivity index (χ0) is 17.6. The molecule has 1 heterocycles. The molecule has 0 unspecified atom stereocenters. The number of halogens is 2. The molecular weight excluding hydrogens is 409 g/mol. The minimum absolute atomic E-state index is 0.0714. The maximum absolute atomic E-state index is 13.3. The fraction of sp³-hybridized carbons (Fsp3) is 0.118. The van der Waals surface area contributed by atoms with E-state index >= 15 is 0 Å². The normalized spacial score (nSPS) is 15.8. The van der Waals surface area contributed by atoms with Crippen LogP contribution in [0.15, 0.2) is 57.1 Å². The van der Waals surface area contributed by atoms with Crippen molar-refractivity contribution >= 4 is 45.0 Å². The smallest absolute Gasteiger partial charge is 0.236 e. The maximum atomic E-state index is 13.3. The van der Waals surface area contributed by atoms with Crippen LogP contribution in [0.25, 0.3) is 0 Å². The predicted octanol–water partition coefficient (Wildman–Crippen LogP) is 3.72. The van der Waals surface area contributed by atoms with Gasteiger partial charge in [0, 0.05) is 10.0 Å². The summed E-state index contributed by atoms with van der Waals surface area (Å²) in [5.41, 5.74) is 1.52. The van der Waals surface area contributed by atoms with Gasteiger partial charge in [-0.3, -0.25) is 4.79 Å². The first-order chi connectivity index (χ1) is 12.1. The molecule has 1 aliphatic heterocycles. The van der Waals surface area contributed by atoms with Crippen LogP contribution < -0.4 is 10.1 Å². The van der Waals surface area contributed by atoms with Gasteiger partial charge in [-0.1, -0.05) is 39.8 Å². The highest BCUT2D eigenvalue weighted by molar-refractivity contribution is 9.10. The van der Waals surface area contributed by atoms with Crippen molar-refractivity contribution < 1.29 is 13.9 Å². The van der Waals surface area contributed by atoms with Crippen LogP contribution in [0.1, 0.15) is 11.1 Å². The lowest BCUT2D eigenvalue weighted by molar-refractivity contribution is -0.116. The van der Waals surface area contributed by atoms with Crippen LogP contribution in [-0.4, -0.2) is 23.0 Å². The van der Waals surface area contributed by atoms with Gasteiger partial charge < -0.3 is 10.1 Å². The summed E-state index contributed by atoms with van der Waals surface area (Å²) in [7, 11) is 0. The molecule has 0 atom stereocenters. The Labute approximate surface area is 156 Å². The first-order valence-electron chi connectivity index (χ1n) is 7.30. The van der Waals surface area contributed by atoms with Crippen LogP contribution in [0.2, 0.25) is 0 Å². The summed E-state index contributed by atoms with van der Waals surface area (Å²) in [6.07, 6.45) is 1.57. The number of amidine groups is 1. The highest BCUT2D eigenvalue weighted by Gasteiger charge is 2.15. The maximum Gasteiger partial charge on any atom is 0.236 e. The van der Waals surface area contributed by atoms with Gasteiger partial charge in [0.25, 0.3) is 0 Å². The average Bonchev–Trinajstić information content (AvgIpc) is 3.01. The minimum Gasteiger partial charge on any atom is -0.489 e. The third kappa shape index (κ3) is 5.14. The van der Waals surface area contributed by atoms with E-state index in [1.807, 2.05) is 18.2 Å². The SMILES string of the molecule is O=C1CSC(=NN=Cc2cccc(OCc3cc(F)ccc3Br)c2)N1. The number of amides is 1. The predicted molar refractivity (Wildman–Crippen MR) is 101 cm³/mol. The molecule has 5 nitrogen and oxygen atoms in total. The third-order valence-electron chi connectivity index (χ3n) is 3.20. The number of thioether (sulfide) groups is 1. The first kappa shape index (κ1) is 17.6. The number of benzene rings is 2. The van der Waals surface area contributed by atoms with E-state index in [4.69, 9.17) is 4.74 Å². The van der Waals surface area contributed by atoms with Crippen molar-refractivity contribution in [2.45, 2.75) is 6.61 Å². The summed E-state index contributed by atoms with van der Waals surface area (Å²) in [5, 5.41) is 11.0. The molecule has 3 rings (SSSR count). The van der Waals surface area contributed by atoms with Crippen LogP contribution in [0.3, 0.4) is 0 Å². The number of carbonyl (C=O) groups is 1. The van der Waals surface area contributed by atoms with Crippen LogP contribution >= 0.6 is 27.7 Å². The number of nitrogens with zero attached hydrogens (tertiary/aromatic N) is 2. The second kappa shape index (κ2) is 8.26. The first-order valence-corrected chi connectivity index (χ1v) is 9.08. The molecule has 0 spiro atoms. The number of rotatable bonds is 5. The molecule has 0 radical (unpaired) electrons. The van der Waals surface area contributed by atoms with Crippen molar-refractivity contribution in [3.05, 3.63) is 63.9 Å². The van der Waals surface area contributed by atoms with Gasteiger partial charge in [-0.2, -0.15) is 5.10 Å². The van der Waals surface area contributed by atoms with Crippen molar-refractivity contribution in [1.29, 1.82) is 0 Å². The third-order valence-corrected chi connectivity index (χ3v) is 4.84. The van der Waals surface area contributed by atoms with Crippen LogP contribution in [0.4, 0.5) is 4.39 Å². The lowest BCUT2D eigenvalue weighted by Crippen LogP contribution is -2.19. The molecule has 2 aromatic rings. The number of ether oxygens (including phenoxy) is 1. The van der Waals surface area contributed by atoms with Gasteiger partial charge in [0.15, 0.2) is 5.17 Å². The van der Waals surface area contributed by atoms with Gasteiger partial charge >= 0.3 is 0 Å². The molecule has 0 bridgehead atoms. The molecule has 0 aliphatic carbocycles. The van der Waals surface area contributed by atoms with Gasteiger partial charge in [-0.05, 0) is 35.9 Å². The number of hydrogen-bond donors (Lipinski definition) is 1. The molecule has 0 aromatic heterocycles. The Hall–Kier alpha value is -2.19. The zero-order valence-electron chi connectivity index (χ0n) is 12.9. The molecule has 1 saturated heterocycles. The quantitative estimate of drug-likeness (QED) is 0.590. The lowest BCUT2D eigenvalue weighted by atomic mass is 10.2. The van der Waals surface area contributed by atoms with E-state index in [0.717, 1.165) is 15.6 Å². The van der Waals surface area contributed by atoms with Crippen molar-refractivity contribution in [1.82, 2.24) is 5.32 Å². The lowest BCUT2D eigenvalue weighted by Gasteiger charge is -2.08. The molecule has 1 aliphatic rings. The topological polar surface area (TPSA) is 63.0 Å². The van der Waals surface area contributed by atoms with Crippen molar-refractivity contribution in [3.8, 4) is 5.75 Å². The van der Waals surface area contributed by atoms with E-state index in [0.29, 0.717) is 16.7 Å². The molecule has 2 aromatic carbocycles. The van der Waals surface area contributed by atoms with Crippen LogP contribution in [0, 0.1) is 5.82 Å². The standard InChI is InChI=1S/C17H13BrFN3O2S/c18-15-5-4-13(19)7-12(15)9-24-14-3-1-2-11(6-14)8-20-22-17-21-16(23)10-25-17/h1-8H,9-10H2,(H,21,22,23). The monoisotopic (exact) mass is 421 g/mol. The van der Waals surface area contributed by atoms with E-state index < -0.39 is 0 Å². The Bertz CT molecular complexity index is 858. The summed E-state index contributed by atoms with van der Waals surface area (Å²) in [5.74, 6) is 0.626. The van der Waals surface area contributed by atoms with Crippen LogP contribution in [0.5, 0.6) is 5.75 Å². The minimum atomic E-state index is -0.307. The Morgan fingerprint density at radius 3 is 3.00 bits per heavy atom. The molecule has 1 N–H and O–H groups in total. The van der Waals surface area contributed by atoms with Crippen molar-refractivity contribution in [2.24, 2.45) is 10.2 Å². The van der Waals surface area contributed by atoms with Crippen LogP contribution in [-0.2, 0) is 11.4 Å². The van der Waals surface area contributed by atoms with Gasteiger partial charge in [0.2, 0.25) is 5.91 Å².